The van der Waals surface area contributed by atoms with Crippen LogP contribution < -0.4 is 0 Å². The van der Waals surface area contributed by atoms with Crippen LogP contribution in [-0.2, 0) is 11.8 Å². The molecule has 2 atom stereocenters. The summed E-state index contributed by atoms with van der Waals surface area (Å²) in [5.41, 5.74) is 0.456. The predicted molar refractivity (Wildman–Crippen MR) is 58.4 cm³/mol. The van der Waals surface area contributed by atoms with E-state index in [9.17, 15) is 15.2 Å². The topological polar surface area (TPSA) is 90.4 Å². The van der Waals surface area contributed by atoms with Crippen LogP contribution in [0.1, 0.15) is 31.1 Å². The summed E-state index contributed by atoms with van der Waals surface area (Å²) >= 11 is 0. The van der Waals surface area contributed by atoms with E-state index in [4.69, 9.17) is 4.74 Å². The first-order chi connectivity index (χ1) is 8.09. The van der Waals surface area contributed by atoms with E-state index in [1.807, 2.05) is 0 Å². The summed E-state index contributed by atoms with van der Waals surface area (Å²) in [6, 6.07) is 0. The molecule has 0 bridgehead atoms. The zero-order valence-corrected chi connectivity index (χ0v) is 9.57. The third kappa shape index (κ3) is 2.45. The van der Waals surface area contributed by atoms with Crippen LogP contribution in [0, 0.1) is 10.1 Å². The molecular weight excluding hydrogens is 226 g/mol. The molecular formula is C10H15N3O4. The maximum atomic E-state index is 10.9. The van der Waals surface area contributed by atoms with E-state index in [2.05, 4.69) is 5.10 Å². The van der Waals surface area contributed by atoms with Gasteiger partial charge in [0.15, 0.2) is 0 Å². The van der Waals surface area contributed by atoms with Crippen LogP contribution in [0.5, 0.6) is 0 Å². The lowest BCUT2D eigenvalue weighted by molar-refractivity contribution is -0.386. The van der Waals surface area contributed by atoms with Crippen LogP contribution >= 0.6 is 0 Å². The Morgan fingerprint density at radius 1 is 1.59 bits per heavy atom. The van der Waals surface area contributed by atoms with Crippen LogP contribution in [-0.4, -0.2) is 32.5 Å². The number of aromatic nitrogens is 2. The fraction of sp³-hybridized carbons (Fsp3) is 0.700. The minimum atomic E-state index is -0.451. The van der Waals surface area contributed by atoms with Crippen molar-refractivity contribution in [2.24, 2.45) is 7.05 Å². The van der Waals surface area contributed by atoms with Gasteiger partial charge in [0.05, 0.1) is 11.0 Å². The normalized spacial score (nSPS) is 25.5. The SMILES string of the molecule is Cn1ncc([N+](=O)[O-])c1[C@H]1CC[C@H](O)CCO1. The van der Waals surface area contributed by atoms with Crippen molar-refractivity contribution in [1.29, 1.82) is 0 Å². The Hall–Kier alpha value is -1.47. The Labute approximate surface area is 98.1 Å². The number of aliphatic hydroxyl groups is 1. The quantitative estimate of drug-likeness (QED) is 0.614. The van der Waals surface area contributed by atoms with Gasteiger partial charge in [-0.15, -0.1) is 0 Å². The zero-order chi connectivity index (χ0) is 12.4. The Bertz CT molecular complexity index is 418. The van der Waals surface area contributed by atoms with E-state index in [-0.39, 0.29) is 17.9 Å². The molecule has 1 aromatic rings. The third-order valence-electron chi connectivity index (χ3n) is 3.00. The number of hydrogen-bond acceptors (Lipinski definition) is 5. The van der Waals surface area contributed by atoms with Gasteiger partial charge < -0.3 is 9.84 Å². The van der Waals surface area contributed by atoms with Crippen LogP contribution in [0.2, 0.25) is 0 Å². The molecule has 0 aromatic carbocycles. The van der Waals surface area contributed by atoms with Gasteiger partial charge in [-0.1, -0.05) is 0 Å². The van der Waals surface area contributed by atoms with Crippen LogP contribution in [0.15, 0.2) is 6.20 Å². The summed E-state index contributed by atoms with van der Waals surface area (Å²) in [5.74, 6) is 0. The Morgan fingerprint density at radius 3 is 3.06 bits per heavy atom. The van der Waals surface area contributed by atoms with E-state index in [1.165, 1.54) is 10.9 Å². The highest BCUT2D eigenvalue weighted by molar-refractivity contribution is 5.34. The maximum absolute atomic E-state index is 10.9. The Balaban J connectivity index is 2.26. The van der Waals surface area contributed by atoms with Crippen LogP contribution in [0.25, 0.3) is 0 Å². The van der Waals surface area contributed by atoms with E-state index in [0.717, 1.165) is 0 Å². The fourth-order valence-electron chi connectivity index (χ4n) is 2.08. The maximum Gasteiger partial charge on any atom is 0.312 e. The van der Waals surface area contributed by atoms with Gasteiger partial charge in [-0.05, 0) is 19.3 Å². The van der Waals surface area contributed by atoms with E-state index in [0.29, 0.717) is 31.6 Å². The van der Waals surface area contributed by atoms with E-state index < -0.39 is 4.92 Å². The molecule has 0 aliphatic carbocycles. The fourth-order valence-corrected chi connectivity index (χ4v) is 2.08. The molecule has 1 fully saturated rings. The van der Waals surface area contributed by atoms with Crippen molar-refractivity contribution in [2.75, 3.05) is 6.61 Å². The molecule has 7 heteroatoms. The summed E-state index contributed by atoms with van der Waals surface area (Å²) in [6.45, 7) is 0.411. The van der Waals surface area contributed by atoms with Crippen molar-refractivity contribution in [3.8, 4) is 0 Å². The monoisotopic (exact) mass is 241 g/mol. The molecule has 2 rings (SSSR count). The van der Waals surface area contributed by atoms with Gasteiger partial charge in [0.2, 0.25) is 0 Å². The van der Waals surface area contributed by atoms with Crippen molar-refractivity contribution >= 4 is 5.69 Å². The average molecular weight is 241 g/mol. The van der Waals surface area contributed by atoms with Gasteiger partial charge in [0.25, 0.3) is 0 Å². The molecule has 1 aliphatic heterocycles. The second-order valence-electron chi connectivity index (χ2n) is 4.18. The lowest BCUT2D eigenvalue weighted by Crippen LogP contribution is -2.10. The molecule has 7 nitrogen and oxygen atoms in total. The molecule has 0 unspecified atom stereocenters. The summed E-state index contributed by atoms with van der Waals surface area (Å²) in [7, 11) is 1.66. The van der Waals surface area contributed by atoms with E-state index in [1.54, 1.807) is 7.05 Å². The van der Waals surface area contributed by atoms with Gasteiger partial charge in [-0.2, -0.15) is 5.10 Å². The molecule has 1 saturated heterocycles. The molecule has 0 radical (unpaired) electrons. The molecule has 0 spiro atoms. The summed E-state index contributed by atoms with van der Waals surface area (Å²) in [5, 5.41) is 24.3. The summed E-state index contributed by atoms with van der Waals surface area (Å²) in [4.78, 5) is 10.4. The Kier molecular flexibility index (Phi) is 3.39. The highest BCUT2D eigenvalue weighted by Crippen LogP contribution is 2.32. The Morgan fingerprint density at radius 2 is 2.35 bits per heavy atom. The number of aryl methyl sites for hydroxylation is 1. The van der Waals surface area contributed by atoms with Crippen molar-refractivity contribution < 1.29 is 14.8 Å². The van der Waals surface area contributed by atoms with Gasteiger partial charge in [-0.25, -0.2) is 0 Å². The molecule has 0 saturated carbocycles. The number of nitro groups is 1. The summed E-state index contributed by atoms with van der Waals surface area (Å²) in [6.07, 6.45) is 2.23. The predicted octanol–water partition coefficient (Wildman–Crippen LogP) is 0.931. The smallest absolute Gasteiger partial charge is 0.312 e. The first kappa shape index (κ1) is 12.0. The lowest BCUT2D eigenvalue weighted by atomic mass is 10.1. The lowest BCUT2D eigenvalue weighted by Gasteiger charge is -2.14. The minimum Gasteiger partial charge on any atom is -0.393 e. The second kappa shape index (κ2) is 4.80. The molecule has 1 aliphatic rings. The third-order valence-corrected chi connectivity index (χ3v) is 3.00. The highest BCUT2D eigenvalue weighted by atomic mass is 16.6. The van der Waals surface area contributed by atoms with Gasteiger partial charge >= 0.3 is 5.69 Å². The molecule has 0 amide bonds. The number of nitrogens with zero attached hydrogens (tertiary/aromatic N) is 3. The minimum absolute atomic E-state index is 0.0195. The number of ether oxygens (including phenoxy) is 1. The first-order valence-electron chi connectivity index (χ1n) is 5.55. The number of aliphatic hydroxyl groups excluding tert-OH is 1. The molecule has 1 aromatic heterocycles. The number of rotatable bonds is 2. The van der Waals surface area contributed by atoms with Crippen molar-refractivity contribution in [2.45, 2.75) is 31.5 Å². The number of hydrogen-bond donors (Lipinski definition) is 1. The second-order valence-corrected chi connectivity index (χ2v) is 4.18. The largest absolute Gasteiger partial charge is 0.393 e. The zero-order valence-electron chi connectivity index (χ0n) is 9.57. The van der Waals surface area contributed by atoms with Gasteiger partial charge in [0.1, 0.15) is 18.0 Å². The van der Waals surface area contributed by atoms with Crippen molar-refractivity contribution in [3.05, 3.63) is 22.0 Å². The van der Waals surface area contributed by atoms with Gasteiger partial charge in [0, 0.05) is 13.7 Å². The standard InChI is InChI=1S/C10H15N3O4/c1-12-10(8(6-11-12)13(15)16)9-3-2-7(14)4-5-17-9/h6-7,9,14H,2-5H2,1H3/t7-,9+/m0/s1. The van der Waals surface area contributed by atoms with Crippen LogP contribution in [0.4, 0.5) is 5.69 Å². The van der Waals surface area contributed by atoms with Crippen LogP contribution in [0.3, 0.4) is 0 Å². The molecule has 1 N–H and O–H groups in total. The molecule has 94 valence electrons. The van der Waals surface area contributed by atoms with E-state index >= 15 is 0 Å². The summed E-state index contributed by atoms with van der Waals surface area (Å²) < 4.78 is 7.04. The average Bonchev–Trinajstić information content (AvgIpc) is 2.52. The highest BCUT2D eigenvalue weighted by Gasteiger charge is 2.29. The van der Waals surface area contributed by atoms with Crippen molar-refractivity contribution in [1.82, 2.24) is 9.78 Å². The molecule has 17 heavy (non-hydrogen) atoms. The first-order valence-corrected chi connectivity index (χ1v) is 5.55. The van der Waals surface area contributed by atoms with Gasteiger partial charge in [-0.3, -0.25) is 14.8 Å². The van der Waals surface area contributed by atoms with Crippen molar-refractivity contribution in [3.63, 3.8) is 0 Å². The molecule has 2 heterocycles.